The Bertz CT molecular complexity index is 812. The zero-order chi connectivity index (χ0) is 18.6. The van der Waals surface area contributed by atoms with E-state index in [-0.39, 0.29) is 17.0 Å². The van der Waals surface area contributed by atoms with Gasteiger partial charge in [-0.05, 0) is 86.2 Å². The molecule has 4 nitrogen and oxygen atoms in total. The van der Waals surface area contributed by atoms with Crippen molar-refractivity contribution in [1.29, 1.82) is 0 Å². The summed E-state index contributed by atoms with van der Waals surface area (Å²) in [6, 6.07) is 0. The van der Waals surface area contributed by atoms with E-state index in [2.05, 4.69) is 24.7 Å². The van der Waals surface area contributed by atoms with Crippen molar-refractivity contribution in [2.75, 3.05) is 0 Å². The van der Waals surface area contributed by atoms with Crippen molar-refractivity contribution in [3.05, 3.63) is 23.8 Å². The molecular weight excluding hydrogens is 338 g/mol. The number of allylic oxidation sites excluding steroid dienone is 3. The van der Waals surface area contributed by atoms with E-state index in [9.17, 15) is 10.0 Å². The van der Waals surface area contributed by atoms with Crippen molar-refractivity contribution in [3.63, 3.8) is 0 Å². The molecule has 8 atom stereocenters. The fourth-order valence-corrected chi connectivity index (χ4v) is 8.58. The molecule has 1 aliphatic heterocycles. The van der Waals surface area contributed by atoms with Gasteiger partial charge in [-0.15, -0.1) is 0 Å². The Morgan fingerprint density at radius 1 is 1.22 bits per heavy atom. The number of carbonyl (C=O) groups is 1. The predicted molar refractivity (Wildman–Crippen MR) is 101 cm³/mol. The Balaban J connectivity index is 1.38. The second-order valence-corrected chi connectivity index (χ2v) is 10.3. The van der Waals surface area contributed by atoms with Gasteiger partial charge in [0.25, 0.3) is 0 Å². The molecular formula is C23H29NO3. The SMILES string of the molecule is C=C1CC2C(CC[C@@]3(C)C2C2CC2[C@@]32CCC(=O)O2)[C@H]2CC/C(=N\O)C=C12. The highest BCUT2D eigenvalue weighted by atomic mass is 16.6. The molecule has 0 radical (unpaired) electrons. The lowest BCUT2D eigenvalue weighted by molar-refractivity contribution is -0.173. The van der Waals surface area contributed by atoms with Gasteiger partial charge in [0, 0.05) is 17.8 Å². The Morgan fingerprint density at radius 2 is 2.07 bits per heavy atom. The molecule has 1 saturated heterocycles. The first-order chi connectivity index (χ1) is 13.0. The summed E-state index contributed by atoms with van der Waals surface area (Å²) in [6.07, 6.45) is 10.4. The van der Waals surface area contributed by atoms with Gasteiger partial charge in [-0.3, -0.25) is 4.79 Å². The monoisotopic (exact) mass is 367 g/mol. The van der Waals surface area contributed by atoms with Crippen molar-refractivity contribution < 1.29 is 14.7 Å². The summed E-state index contributed by atoms with van der Waals surface area (Å²) >= 11 is 0. The van der Waals surface area contributed by atoms with Gasteiger partial charge < -0.3 is 9.94 Å². The molecule has 1 N–H and O–H groups in total. The molecule has 5 aliphatic carbocycles. The summed E-state index contributed by atoms with van der Waals surface area (Å²) in [5.41, 5.74) is 3.41. The maximum atomic E-state index is 12.1. The molecule has 144 valence electrons. The highest BCUT2D eigenvalue weighted by Gasteiger charge is 2.78. The second-order valence-electron chi connectivity index (χ2n) is 10.3. The van der Waals surface area contributed by atoms with Gasteiger partial charge >= 0.3 is 5.97 Å². The summed E-state index contributed by atoms with van der Waals surface area (Å²) in [7, 11) is 0. The predicted octanol–water partition coefficient (Wildman–Crippen LogP) is 4.49. The minimum atomic E-state index is -0.162. The van der Waals surface area contributed by atoms with E-state index in [1.54, 1.807) is 0 Å². The molecule has 0 amide bonds. The molecule has 0 bridgehead atoms. The zero-order valence-electron chi connectivity index (χ0n) is 16.1. The largest absolute Gasteiger partial charge is 0.458 e. The third-order valence-corrected chi connectivity index (χ3v) is 9.58. The number of fused-ring (bicyclic) bond motifs is 9. The average Bonchev–Trinajstić information content (AvgIpc) is 3.30. The van der Waals surface area contributed by atoms with Crippen LogP contribution in [0.2, 0.25) is 0 Å². The van der Waals surface area contributed by atoms with E-state index in [0.29, 0.717) is 36.0 Å². The molecule has 5 fully saturated rings. The quantitative estimate of drug-likeness (QED) is 0.390. The summed E-state index contributed by atoms with van der Waals surface area (Å²) < 4.78 is 6.16. The molecule has 1 heterocycles. The number of hydrogen-bond donors (Lipinski definition) is 1. The highest BCUT2D eigenvalue weighted by Crippen LogP contribution is 2.78. The minimum Gasteiger partial charge on any atom is -0.458 e. The Kier molecular flexibility index (Phi) is 3.07. The number of hydrogen-bond acceptors (Lipinski definition) is 4. The van der Waals surface area contributed by atoms with Gasteiger partial charge in [-0.1, -0.05) is 24.2 Å². The standard InChI is InChI=1S/C23H29NO3/c1-12-9-17-15(14-4-3-13(24-26)10-16(12)14)5-7-22(2)21(17)18-11-19(18)23(22)8-6-20(25)27-23/h10,14-15,17-19,21,26H,1,3-9,11H2,2H3/b24-13+/t14-,15?,17?,18?,19?,21?,22+,23+/m1/s1. The molecule has 6 rings (SSSR count). The summed E-state index contributed by atoms with van der Waals surface area (Å²) in [5.74, 6) is 4.05. The molecule has 1 spiro atoms. The normalized spacial score (nSPS) is 54.1. The maximum Gasteiger partial charge on any atom is 0.306 e. The van der Waals surface area contributed by atoms with Crippen LogP contribution < -0.4 is 0 Å². The summed E-state index contributed by atoms with van der Waals surface area (Å²) in [5, 5.41) is 12.7. The maximum absolute atomic E-state index is 12.1. The highest BCUT2D eigenvalue weighted by molar-refractivity contribution is 5.96. The van der Waals surface area contributed by atoms with Crippen molar-refractivity contribution in [3.8, 4) is 0 Å². The molecule has 0 aromatic rings. The zero-order valence-corrected chi connectivity index (χ0v) is 16.1. The van der Waals surface area contributed by atoms with E-state index in [4.69, 9.17) is 4.74 Å². The summed E-state index contributed by atoms with van der Waals surface area (Å²) in [4.78, 5) is 12.1. The Labute approximate surface area is 160 Å². The fourth-order valence-electron chi connectivity index (χ4n) is 8.58. The van der Waals surface area contributed by atoms with Crippen LogP contribution in [0.15, 0.2) is 29.0 Å². The van der Waals surface area contributed by atoms with Crippen LogP contribution in [0, 0.1) is 40.9 Å². The van der Waals surface area contributed by atoms with Gasteiger partial charge in [-0.25, -0.2) is 0 Å². The van der Waals surface area contributed by atoms with Crippen molar-refractivity contribution in [2.24, 2.45) is 46.1 Å². The van der Waals surface area contributed by atoms with Gasteiger partial charge in [-0.2, -0.15) is 0 Å². The third-order valence-electron chi connectivity index (χ3n) is 9.58. The number of ether oxygens (including phenoxy) is 1. The van der Waals surface area contributed by atoms with Crippen molar-refractivity contribution in [2.45, 2.75) is 63.9 Å². The Hall–Kier alpha value is -1.58. The average molecular weight is 367 g/mol. The van der Waals surface area contributed by atoms with Gasteiger partial charge in [0.05, 0.1) is 5.71 Å². The lowest BCUT2D eigenvalue weighted by atomic mass is 9.48. The molecule has 5 unspecified atom stereocenters. The smallest absolute Gasteiger partial charge is 0.306 e. The second kappa shape index (κ2) is 5.07. The number of nitrogens with zero attached hydrogens (tertiary/aromatic N) is 1. The molecule has 4 saturated carbocycles. The van der Waals surface area contributed by atoms with E-state index >= 15 is 0 Å². The molecule has 0 aromatic heterocycles. The first-order valence-electron chi connectivity index (χ1n) is 10.8. The Morgan fingerprint density at radius 3 is 2.81 bits per heavy atom. The van der Waals surface area contributed by atoms with E-state index in [1.165, 1.54) is 30.4 Å². The lowest BCUT2D eigenvalue weighted by Crippen LogP contribution is -2.55. The number of rotatable bonds is 0. The van der Waals surface area contributed by atoms with Gasteiger partial charge in [0.2, 0.25) is 0 Å². The van der Waals surface area contributed by atoms with Crippen LogP contribution >= 0.6 is 0 Å². The van der Waals surface area contributed by atoms with Crippen molar-refractivity contribution in [1.82, 2.24) is 0 Å². The minimum absolute atomic E-state index is 0.0334. The number of carbonyl (C=O) groups excluding carboxylic acids is 1. The first kappa shape index (κ1) is 16.4. The molecule has 4 heteroatoms. The van der Waals surface area contributed by atoms with Crippen LogP contribution in [0.1, 0.15) is 58.3 Å². The van der Waals surface area contributed by atoms with E-state index < -0.39 is 0 Å². The number of oxime groups is 1. The molecule has 0 aromatic carbocycles. The molecule has 6 aliphatic rings. The lowest BCUT2D eigenvalue weighted by Gasteiger charge is -2.57. The van der Waals surface area contributed by atoms with Crippen LogP contribution in [-0.4, -0.2) is 22.5 Å². The number of esters is 1. The van der Waals surface area contributed by atoms with Gasteiger partial charge in [0.1, 0.15) is 5.60 Å². The van der Waals surface area contributed by atoms with E-state index in [0.717, 1.165) is 37.3 Å². The fraction of sp³-hybridized carbons (Fsp3) is 0.739. The topological polar surface area (TPSA) is 58.9 Å². The summed E-state index contributed by atoms with van der Waals surface area (Å²) in [6.45, 7) is 6.89. The van der Waals surface area contributed by atoms with Crippen molar-refractivity contribution >= 4 is 11.7 Å². The van der Waals surface area contributed by atoms with Crippen LogP contribution in [0.25, 0.3) is 0 Å². The third kappa shape index (κ3) is 1.85. The molecule has 27 heavy (non-hydrogen) atoms. The van der Waals surface area contributed by atoms with E-state index in [1.807, 2.05) is 0 Å². The van der Waals surface area contributed by atoms with Crippen LogP contribution in [-0.2, 0) is 9.53 Å². The van der Waals surface area contributed by atoms with Gasteiger partial charge in [0.15, 0.2) is 0 Å². The van der Waals surface area contributed by atoms with Crippen LogP contribution in [0.3, 0.4) is 0 Å². The van der Waals surface area contributed by atoms with Crippen LogP contribution in [0.4, 0.5) is 0 Å². The van der Waals surface area contributed by atoms with Crippen LogP contribution in [0.5, 0.6) is 0 Å². The first-order valence-corrected chi connectivity index (χ1v) is 10.8.